The number of nitrogens with two attached hydrogens (primary N) is 2. The summed E-state index contributed by atoms with van der Waals surface area (Å²) in [4.78, 5) is 112. The molecule has 2 aromatic rings. The summed E-state index contributed by atoms with van der Waals surface area (Å²) < 4.78 is 16.1. The summed E-state index contributed by atoms with van der Waals surface area (Å²) in [5.41, 5.74) is 13.5. The van der Waals surface area contributed by atoms with Crippen LogP contribution >= 0.6 is 20.1 Å². The van der Waals surface area contributed by atoms with Crippen molar-refractivity contribution in [3.63, 3.8) is 0 Å². The van der Waals surface area contributed by atoms with Gasteiger partial charge in [-0.3, -0.25) is 0 Å². The number of hydrogen-bond donors (Lipinski definition) is 8. The van der Waals surface area contributed by atoms with Crippen LogP contribution in [0.25, 0.3) is 0 Å². The normalized spacial score (nSPS) is 15.1. The van der Waals surface area contributed by atoms with Crippen LogP contribution in [0.1, 0.15) is 106 Å². The average molecular weight is 1350 g/mol. The van der Waals surface area contributed by atoms with Crippen LogP contribution in [0.5, 0.6) is 0 Å². The average Bonchev–Trinajstić information content (AvgIpc) is 3.41. The van der Waals surface area contributed by atoms with Crippen LogP contribution in [-0.2, 0) is 51.1 Å². The molecule has 0 aliphatic rings. The van der Waals surface area contributed by atoms with Gasteiger partial charge in [-0.25, -0.2) is 0 Å². The number of methoxy groups -OCH3 is 2. The van der Waals surface area contributed by atoms with E-state index in [1.807, 2.05) is 124 Å². The number of amides is 9. The van der Waals surface area contributed by atoms with Crippen LogP contribution < -0.4 is 63.1 Å². The zero-order chi connectivity index (χ0) is 60.4. The third-order valence-corrected chi connectivity index (χ3v) is 22.1. The number of carbonyl (C=O) groups is 8. The van der Waals surface area contributed by atoms with Crippen molar-refractivity contribution in [2.75, 3.05) is 64.7 Å². The van der Waals surface area contributed by atoms with Gasteiger partial charge in [-0.05, 0) is 14.1 Å². The molecular formula is C57H96I2N11O10-. The van der Waals surface area contributed by atoms with Gasteiger partial charge in [-0.1, -0.05) is 13.8 Å². The fourth-order valence-electron chi connectivity index (χ4n) is 8.90. The van der Waals surface area contributed by atoms with Gasteiger partial charge < -0.3 is 0 Å². The molecule has 80 heavy (non-hydrogen) atoms. The van der Waals surface area contributed by atoms with Crippen LogP contribution in [0.15, 0.2) is 54.6 Å². The maximum atomic E-state index is 14.5. The third-order valence-electron chi connectivity index (χ3n) is 13.8. The van der Waals surface area contributed by atoms with Crippen LogP contribution in [-0.4, -0.2) is 158 Å². The van der Waals surface area contributed by atoms with E-state index in [1.165, 1.54) is 14.2 Å². The zero-order valence-electron chi connectivity index (χ0n) is 50.0. The van der Waals surface area contributed by atoms with Crippen LogP contribution in [0, 0.1) is 29.6 Å². The molecule has 2 aromatic carbocycles. The molecular weight excluding hydrogens is 1250 g/mol. The van der Waals surface area contributed by atoms with Crippen LogP contribution in [0.3, 0.4) is 0 Å². The van der Waals surface area contributed by atoms with Crippen LogP contribution in [0.4, 0.5) is 15.3 Å². The second-order valence-corrected chi connectivity index (χ2v) is 29.1. The second kappa shape index (κ2) is 36.7. The zero-order valence-corrected chi connectivity index (χ0v) is 54.3. The van der Waals surface area contributed by atoms with Crippen molar-refractivity contribution in [3.05, 3.63) is 65.7 Å². The minimum absolute atomic E-state index is 0.00983. The molecule has 0 aromatic heterocycles. The molecule has 9 atom stereocenters. The Labute approximate surface area is 494 Å². The number of halogens is 2. The molecule has 10 N–H and O–H groups in total. The van der Waals surface area contributed by atoms with Crippen molar-refractivity contribution in [2.45, 2.75) is 148 Å². The summed E-state index contributed by atoms with van der Waals surface area (Å²) in [5.74, 6) is -3.05. The molecule has 4 unspecified atom stereocenters. The van der Waals surface area contributed by atoms with E-state index in [2.05, 4.69) is 30.1 Å². The fraction of sp³-hybridized carbons (Fsp3) is 0.649. The van der Waals surface area contributed by atoms with Gasteiger partial charge in [0.25, 0.3) is 0 Å². The van der Waals surface area contributed by atoms with E-state index in [0.29, 0.717) is 42.3 Å². The second-order valence-electron chi connectivity index (χ2n) is 21.5. The molecule has 0 radical (unpaired) electrons. The molecule has 23 heteroatoms. The Balaban J connectivity index is 2.24. The maximum absolute atomic E-state index is 14.5. The van der Waals surface area contributed by atoms with Crippen molar-refractivity contribution in [3.8, 4) is 0 Å². The number of primary amides is 1. The quantitative estimate of drug-likeness (QED) is 0.0122. The van der Waals surface area contributed by atoms with Crippen LogP contribution in [0.2, 0.25) is 0 Å². The molecule has 454 valence electrons. The van der Waals surface area contributed by atoms with Gasteiger partial charge in [0.2, 0.25) is 0 Å². The van der Waals surface area contributed by atoms with Gasteiger partial charge in [0.1, 0.15) is 0 Å². The van der Waals surface area contributed by atoms with Gasteiger partial charge in [0.05, 0.1) is 0 Å². The topological polar surface area (TPSA) is 289 Å². The number of ether oxygens (including phenoxy) is 2. The number of hydrogen-bond acceptors (Lipinski definition) is 12. The number of nitrogens with one attached hydrogen (secondary N) is 6. The molecule has 0 spiro atoms. The summed E-state index contributed by atoms with van der Waals surface area (Å²) in [6.07, 6.45) is 1.71. The van der Waals surface area contributed by atoms with Gasteiger partial charge in [0.15, 0.2) is 0 Å². The van der Waals surface area contributed by atoms with E-state index in [9.17, 15) is 38.4 Å². The first kappa shape index (κ1) is 71.4. The van der Waals surface area contributed by atoms with E-state index in [-0.39, 0.29) is 77.1 Å². The molecule has 9 amide bonds. The summed E-state index contributed by atoms with van der Waals surface area (Å²) >= 11 is -4.10. The molecule has 0 heterocycles. The molecule has 0 bridgehead atoms. The van der Waals surface area contributed by atoms with Gasteiger partial charge in [0, 0.05) is 0 Å². The number of carbonyl (C=O) groups excluding carboxylic acids is 8. The number of urea groups is 1. The fourth-order valence-corrected chi connectivity index (χ4v) is 15.7. The molecule has 21 nitrogen and oxygen atoms in total. The SMILES string of the molecule is CCCN([I-]C(OC)[C@@H](C)C(=O)N[C@@H](Cc1ccccc1)C(=O)NCCc1ccc(NC(=O)I(CCCNC(N)=O)NC(=O)[C@H](N)C(C)C)cc1)C(=O)CC(OC)C([C@@H](C)CC)N(C)C(=O)[C@@H](NC(=O)C(C(C)C)N(C)C)C(C)C. The molecule has 0 aliphatic carbocycles. The first-order chi connectivity index (χ1) is 37.7. The Morgan fingerprint density at radius 3 is 1.89 bits per heavy atom. The van der Waals surface area contributed by atoms with Gasteiger partial charge in [-0.15, -0.1) is 0 Å². The number of nitrogens with zero attached hydrogens (tertiary/aromatic N) is 3. The number of likely N-dealkylation sites (N-methyl/N-ethyl adjacent to an activating group) is 2. The Hall–Kier alpha value is -4.70. The Kier molecular flexibility index (Phi) is 32.8. The number of anilines is 1. The Bertz CT molecular complexity index is 2250. The van der Waals surface area contributed by atoms with E-state index < -0.39 is 106 Å². The summed E-state index contributed by atoms with van der Waals surface area (Å²) in [7, 11) is 8.45. The minimum atomic E-state index is -2.83. The van der Waals surface area contributed by atoms with E-state index in [4.69, 9.17) is 20.9 Å². The summed E-state index contributed by atoms with van der Waals surface area (Å²) in [6.45, 7) is 20.0. The molecule has 2 rings (SSSR count). The standard InChI is InChI=1S/C57H96I2N11O10/c1-16-32-70(45(71)34-44(79-14)49(38(9)17-2)69(13)55(76)47(36(5)6)66-54(75)48(37(7)8)68(11)12)58-50(80-15)39(10)51(72)65-43(33-41-22-19-18-20-23-41)52(73)62-31-28-40-24-26-42(27-25-40)64-56(77)59(29-21-30-63-57(61)78)67-53(74)46(60)35(3)4/h18-20,22-27,35-39,43-44,46-50H,16-17,21,28-34,60H2,1-15H3,(H,62,73)(H,64,77)(H,65,72)(H,66,75)(H,67,74)(H3,61,63,78)/q-1/t38-,39+,43-,44?,46+,47-,48?,49?,50?/m0/s1. The van der Waals surface area contributed by atoms with Gasteiger partial charge >= 0.3 is 470 Å². The van der Waals surface area contributed by atoms with E-state index in [1.54, 1.807) is 34.1 Å². The van der Waals surface area contributed by atoms with Gasteiger partial charge in [-0.2, -0.15) is 0 Å². The van der Waals surface area contributed by atoms with Crippen molar-refractivity contribution >= 4 is 71.2 Å². The van der Waals surface area contributed by atoms with E-state index >= 15 is 0 Å². The Morgan fingerprint density at radius 1 is 0.725 bits per heavy atom. The first-order valence-corrected chi connectivity index (χ1v) is 33.6. The predicted octanol–water partition coefficient (Wildman–Crippen LogP) is 2.04. The third kappa shape index (κ3) is 23.6. The predicted molar refractivity (Wildman–Crippen MR) is 319 cm³/mol. The molecule has 0 saturated carbocycles. The monoisotopic (exact) mass is 1350 g/mol. The first-order valence-electron chi connectivity index (χ1n) is 27.7. The van der Waals surface area contributed by atoms with Crippen molar-refractivity contribution in [1.29, 1.82) is 0 Å². The summed E-state index contributed by atoms with van der Waals surface area (Å²) in [5, 5.41) is 14.4. The number of benzene rings is 2. The Morgan fingerprint density at radius 2 is 1.36 bits per heavy atom. The summed E-state index contributed by atoms with van der Waals surface area (Å²) in [6, 6.07) is 12.4. The molecule has 0 fully saturated rings. The number of alkyl halides is 2. The number of rotatable bonds is 36. The molecule has 0 saturated heterocycles. The van der Waals surface area contributed by atoms with E-state index in [0.717, 1.165) is 11.1 Å². The van der Waals surface area contributed by atoms with Crippen molar-refractivity contribution in [2.24, 2.45) is 41.1 Å². The van der Waals surface area contributed by atoms with Crippen molar-refractivity contribution < 1.29 is 69.3 Å². The van der Waals surface area contributed by atoms with Crippen molar-refractivity contribution in [1.82, 2.24) is 37.7 Å². The molecule has 0 aliphatic heterocycles.